The number of hydrogen-bond acceptors (Lipinski definition) is 3. The third-order valence-corrected chi connectivity index (χ3v) is 3.15. The molecule has 2 aliphatic heterocycles. The first-order valence-corrected chi connectivity index (χ1v) is 5.97. The van der Waals surface area contributed by atoms with Crippen molar-refractivity contribution in [3.8, 4) is 0 Å². The lowest BCUT2D eigenvalue weighted by molar-refractivity contribution is -0.132. The van der Waals surface area contributed by atoms with E-state index in [2.05, 4.69) is 0 Å². The van der Waals surface area contributed by atoms with Crippen LogP contribution in [-0.2, 0) is 9.53 Å². The summed E-state index contributed by atoms with van der Waals surface area (Å²) in [4.78, 5) is 26.5. The van der Waals surface area contributed by atoms with Gasteiger partial charge in [0.15, 0.2) is 0 Å². The van der Waals surface area contributed by atoms with Crippen molar-refractivity contribution in [1.29, 1.82) is 0 Å². The van der Waals surface area contributed by atoms with E-state index in [1.807, 2.05) is 4.90 Å². The summed E-state index contributed by atoms with van der Waals surface area (Å²) >= 11 is 0. The summed E-state index contributed by atoms with van der Waals surface area (Å²) in [5.41, 5.74) is 0. The molecule has 0 aromatic rings. The molecule has 0 aromatic carbocycles. The van der Waals surface area contributed by atoms with Crippen LogP contribution in [-0.4, -0.2) is 54.6 Å². The molecule has 0 N–H and O–H groups in total. The molecule has 2 heterocycles. The third kappa shape index (κ3) is 2.65. The lowest BCUT2D eigenvalue weighted by Gasteiger charge is -2.27. The maximum atomic E-state index is 11.8. The highest BCUT2D eigenvalue weighted by Crippen LogP contribution is 2.11. The quantitative estimate of drug-likeness (QED) is 0.716. The minimum atomic E-state index is -0.286. The Morgan fingerprint density at radius 1 is 1.19 bits per heavy atom. The van der Waals surface area contributed by atoms with Gasteiger partial charge >= 0.3 is 6.09 Å². The van der Waals surface area contributed by atoms with Crippen LogP contribution in [0.5, 0.6) is 0 Å². The van der Waals surface area contributed by atoms with Crippen LogP contribution in [0.25, 0.3) is 0 Å². The van der Waals surface area contributed by atoms with Crippen LogP contribution in [0.3, 0.4) is 0 Å². The van der Waals surface area contributed by atoms with Crippen molar-refractivity contribution in [3.63, 3.8) is 0 Å². The summed E-state index contributed by atoms with van der Waals surface area (Å²) in [7, 11) is 0. The Morgan fingerprint density at radius 2 is 1.94 bits per heavy atom. The van der Waals surface area contributed by atoms with Crippen molar-refractivity contribution in [2.75, 3.05) is 32.8 Å². The van der Waals surface area contributed by atoms with Crippen LogP contribution < -0.4 is 0 Å². The van der Waals surface area contributed by atoms with Gasteiger partial charge < -0.3 is 14.5 Å². The van der Waals surface area contributed by atoms with Gasteiger partial charge in [-0.1, -0.05) is 0 Å². The van der Waals surface area contributed by atoms with Crippen molar-refractivity contribution in [3.05, 3.63) is 0 Å². The van der Waals surface area contributed by atoms with Crippen LogP contribution in [0.15, 0.2) is 0 Å². The van der Waals surface area contributed by atoms with Crippen molar-refractivity contribution in [2.24, 2.45) is 0 Å². The molecule has 0 aromatic heterocycles. The Bertz CT molecular complexity index is 274. The summed E-state index contributed by atoms with van der Waals surface area (Å²) in [6, 6.07) is 0. The first kappa shape index (κ1) is 11.2. The van der Waals surface area contributed by atoms with E-state index in [1.54, 1.807) is 4.90 Å². The number of carbonyl (C=O) groups excluding carboxylic acids is 2. The van der Waals surface area contributed by atoms with Gasteiger partial charge in [0.1, 0.15) is 6.61 Å². The van der Waals surface area contributed by atoms with Crippen LogP contribution in [0.4, 0.5) is 4.79 Å². The first-order valence-electron chi connectivity index (χ1n) is 5.97. The zero-order chi connectivity index (χ0) is 11.4. The Balaban J connectivity index is 1.72. The second-order valence-electron chi connectivity index (χ2n) is 4.29. The number of ether oxygens (including phenoxy) is 1. The van der Waals surface area contributed by atoms with Crippen molar-refractivity contribution >= 4 is 12.0 Å². The van der Waals surface area contributed by atoms with Gasteiger partial charge in [0, 0.05) is 26.1 Å². The smallest absolute Gasteiger partial charge is 0.409 e. The molecule has 2 amide bonds. The average Bonchev–Trinajstić information content (AvgIpc) is 2.73. The fourth-order valence-electron chi connectivity index (χ4n) is 2.16. The predicted octanol–water partition coefficient (Wildman–Crippen LogP) is 0.841. The van der Waals surface area contributed by atoms with E-state index in [0.29, 0.717) is 26.1 Å². The van der Waals surface area contributed by atoms with Gasteiger partial charge in [-0.3, -0.25) is 4.79 Å². The SMILES string of the molecule is O=C(CCN1CCOC1=O)N1CCCCC1. The molecule has 0 saturated carbocycles. The molecule has 0 bridgehead atoms. The van der Waals surface area contributed by atoms with E-state index in [-0.39, 0.29) is 12.0 Å². The number of cyclic esters (lactones) is 1. The zero-order valence-electron chi connectivity index (χ0n) is 9.48. The number of nitrogens with zero attached hydrogens (tertiary/aromatic N) is 2. The highest BCUT2D eigenvalue weighted by atomic mass is 16.6. The number of hydrogen-bond donors (Lipinski definition) is 0. The Morgan fingerprint density at radius 3 is 2.56 bits per heavy atom. The number of rotatable bonds is 3. The normalized spacial score (nSPS) is 21.1. The maximum absolute atomic E-state index is 11.8. The van der Waals surface area contributed by atoms with Gasteiger partial charge in [0.25, 0.3) is 0 Å². The monoisotopic (exact) mass is 226 g/mol. The molecular weight excluding hydrogens is 208 g/mol. The van der Waals surface area contributed by atoms with E-state index in [0.717, 1.165) is 25.9 Å². The predicted molar refractivity (Wildman–Crippen MR) is 58.0 cm³/mol. The Labute approximate surface area is 95.3 Å². The van der Waals surface area contributed by atoms with Crippen molar-refractivity contribution in [2.45, 2.75) is 25.7 Å². The number of carbonyl (C=O) groups is 2. The topological polar surface area (TPSA) is 49.9 Å². The zero-order valence-corrected chi connectivity index (χ0v) is 9.48. The van der Waals surface area contributed by atoms with E-state index in [1.165, 1.54) is 6.42 Å². The van der Waals surface area contributed by atoms with E-state index < -0.39 is 0 Å². The molecule has 0 spiro atoms. The van der Waals surface area contributed by atoms with Crippen molar-refractivity contribution < 1.29 is 14.3 Å². The number of piperidine rings is 1. The molecule has 0 unspecified atom stereocenters. The molecule has 5 heteroatoms. The maximum Gasteiger partial charge on any atom is 0.409 e. The average molecular weight is 226 g/mol. The first-order chi connectivity index (χ1) is 7.77. The third-order valence-electron chi connectivity index (χ3n) is 3.15. The highest BCUT2D eigenvalue weighted by Gasteiger charge is 2.23. The Hall–Kier alpha value is -1.26. The molecule has 90 valence electrons. The fraction of sp³-hybridized carbons (Fsp3) is 0.818. The molecule has 5 nitrogen and oxygen atoms in total. The van der Waals surface area contributed by atoms with Crippen LogP contribution in [0.2, 0.25) is 0 Å². The minimum absolute atomic E-state index is 0.166. The lowest BCUT2D eigenvalue weighted by Crippen LogP contribution is -2.38. The molecule has 2 aliphatic rings. The summed E-state index contributed by atoms with van der Waals surface area (Å²) in [6.45, 7) is 3.32. The van der Waals surface area contributed by atoms with Gasteiger partial charge in [-0.25, -0.2) is 4.79 Å². The number of amides is 2. The van der Waals surface area contributed by atoms with Crippen LogP contribution in [0, 0.1) is 0 Å². The summed E-state index contributed by atoms with van der Waals surface area (Å²) in [5.74, 6) is 0.166. The van der Waals surface area contributed by atoms with Crippen LogP contribution >= 0.6 is 0 Å². The van der Waals surface area contributed by atoms with Gasteiger partial charge in [-0.05, 0) is 19.3 Å². The van der Waals surface area contributed by atoms with Gasteiger partial charge in [0.2, 0.25) is 5.91 Å². The Kier molecular flexibility index (Phi) is 3.64. The largest absolute Gasteiger partial charge is 0.448 e. The molecule has 16 heavy (non-hydrogen) atoms. The molecule has 2 fully saturated rings. The standard InChI is InChI=1S/C11H18N2O3/c14-10(12-5-2-1-3-6-12)4-7-13-8-9-16-11(13)15/h1-9H2. The van der Waals surface area contributed by atoms with Gasteiger partial charge in [0.05, 0.1) is 6.54 Å². The van der Waals surface area contributed by atoms with E-state index >= 15 is 0 Å². The molecular formula is C11H18N2O3. The van der Waals surface area contributed by atoms with Gasteiger partial charge in [-0.15, -0.1) is 0 Å². The fourth-order valence-corrected chi connectivity index (χ4v) is 2.16. The highest BCUT2D eigenvalue weighted by molar-refractivity contribution is 5.77. The molecule has 0 aliphatic carbocycles. The van der Waals surface area contributed by atoms with E-state index in [9.17, 15) is 9.59 Å². The molecule has 0 radical (unpaired) electrons. The van der Waals surface area contributed by atoms with Crippen molar-refractivity contribution in [1.82, 2.24) is 9.80 Å². The van der Waals surface area contributed by atoms with Crippen LogP contribution in [0.1, 0.15) is 25.7 Å². The number of likely N-dealkylation sites (tertiary alicyclic amines) is 1. The summed E-state index contributed by atoms with van der Waals surface area (Å²) in [6.07, 6.45) is 3.58. The second-order valence-corrected chi connectivity index (χ2v) is 4.29. The summed E-state index contributed by atoms with van der Waals surface area (Å²) in [5, 5.41) is 0. The molecule has 0 atom stereocenters. The molecule has 2 saturated heterocycles. The lowest BCUT2D eigenvalue weighted by atomic mass is 10.1. The van der Waals surface area contributed by atoms with Gasteiger partial charge in [-0.2, -0.15) is 0 Å². The van der Waals surface area contributed by atoms with E-state index in [4.69, 9.17) is 4.74 Å². The minimum Gasteiger partial charge on any atom is -0.448 e. The summed E-state index contributed by atoms with van der Waals surface area (Å²) < 4.78 is 4.81. The second kappa shape index (κ2) is 5.18. The molecule has 2 rings (SSSR count).